The number of aromatic hydroxyl groups is 1. The lowest BCUT2D eigenvalue weighted by Gasteiger charge is -2.04. The lowest BCUT2D eigenvalue weighted by molar-refractivity contribution is 0.104. The Morgan fingerprint density at radius 1 is 1.19 bits per heavy atom. The van der Waals surface area contributed by atoms with Gasteiger partial charge in [-0.2, -0.15) is 0 Å². The lowest BCUT2D eigenvalue weighted by Crippen LogP contribution is -1.95. The van der Waals surface area contributed by atoms with Gasteiger partial charge in [-0.05, 0) is 51.8 Å². The first-order valence-corrected chi connectivity index (χ1v) is 7.64. The second-order valence-electron chi connectivity index (χ2n) is 4.25. The number of carbonyl (C=O) groups is 1. The van der Waals surface area contributed by atoms with E-state index in [0.29, 0.717) is 8.95 Å². The molecule has 0 heterocycles. The molecule has 0 aliphatic heterocycles. The highest BCUT2D eigenvalue weighted by molar-refractivity contribution is 9.11. The van der Waals surface area contributed by atoms with Crippen molar-refractivity contribution >= 4 is 43.7 Å². The van der Waals surface area contributed by atoms with Crippen LogP contribution in [0.4, 0.5) is 0 Å². The molecule has 0 aliphatic carbocycles. The fourth-order valence-corrected chi connectivity index (χ4v) is 2.96. The molecule has 0 amide bonds. The van der Waals surface area contributed by atoms with Crippen LogP contribution in [0.3, 0.4) is 0 Å². The summed E-state index contributed by atoms with van der Waals surface area (Å²) < 4.78 is 6.26. The van der Waals surface area contributed by atoms with Crippen LogP contribution in [0, 0.1) is 0 Å². The molecular formula is C16H12Br2O3. The summed E-state index contributed by atoms with van der Waals surface area (Å²) in [5.74, 6) is 0.417. The smallest absolute Gasteiger partial charge is 0.189 e. The quantitative estimate of drug-likeness (QED) is 0.579. The maximum Gasteiger partial charge on any atom is 0.189 e. The highest BCUT2D eigenvalue weighted by atomic mass is 79.9. The normalized spacial score (nSPS) is 10.8. The van der Waals surface area contributed by atoms with Gasteiger partial charge in [0.15, 0.2) is 5.78 Å². The molecule has 1 N–H and O–H groups in total. The number of phenolic OH excluding ortho intramolecular Hbond substituents is 1. The number of carbonyl (C=O) groups excluding carboxylic acids is 1. The monoisotopic (exact) mass is 410 g/mol. The fraction of sp³-hybridized carbons (Fsp3) is 0.0625. The molecule has 3 nitrogen and oxygen atoms in total. The zero-order valence-corrected chi connectivity index (χ0v) is 14.3. The molecule has 5 heteroatoms. The van der Waals surface area contributed by atoms with Gasteiger partial charge in [-0.3, -0.25) is 4.79 Å². The van der Waals surface area contributed by atoms with Gasteiger partial charge in [-0.1, -0.05) is 34.1 Å². The van der Waals surface area contributed by atoms with Crippen molar-refractivity contribution in [1.82, 2.24) is 0 Å². The minimum absolute atomic E-state index is 0.0671. The van der Waals surface area contributed by atoms with E-state index >= 15 is 0 Å². The van der Waals surface area contributed by atoms with Gasteiger partial charge in [0.1, 0.15) is 11.5 Å². The second-order valence-corrected chi connectivity index (χ2v) is 6.02. The van der Waals surface area contributed by atoms with Crippen molar-refractivity contribution in [3.8, 4) is 11.5 Å². The van der Waals surface area contributed by atoms with Crippen LogP contribution in [0.25, 0.3) is 6.08 Å². The number of allylic oxidation sites excluding steroid dienone is 1. The molecule has 0 bridgehead atoms. The average molecular weight is 412 g/mol. The zero-order valence-electron chi connectivity index (χ0n) is 11.1. The zero-order chi connectivity index (χ0) is 15.4. The number of hydrogen-bond acceptors (Lipinski definition) is 3. The van der Waals surface area contributed by atoms with Crippen LogP contribution in [0.2, 0.25) is 0 Å². The number of hydrogen-bond donors (Lipinski definition) is 1. The highest BCUT2D eigenvalue weighted by Gasteiger charge is 2.12. The standard InChI is InChI=1S/C16H12Br2O3/c1-21-12-5-2-10(3-6-12)4-7-15(19)13-8-11(17)9-14(18)16(13)20/h2-9,20H,1H3/b7-4+. The van der Waals surface area contributed by atoms with Crippen LogP contribution in [0.1, 0.15) is 15.9 Å². The van der Waals surface area contributed by atoms with Gasteiger partial charge < -0.3 is 9.84 Å². The van der Waals surface area contributed by atoms with Crippen molar-refractivity contribution in [2.75, 3.05) is 7.11 Å². The Balaban J connectivity index is 2.22. The molecule has 108 valence electrons. The SMILES string of the molecule is COc1ccc(/C=C/C(=O)c2cc(Br)cc(Br)c2O)cc1. The molecule has 0 atom stereocenters. The average Bonchev–Trinajstić information content (AvgIpc) is 2.49. The maximum atomic E-state index is 12.2. The van der Waals surface area contributed by atoms with E-state index in [9.17, 15) is 9.90 Å². The van der Waals surface area contributed by atoms with Gasteiger partial charge >= 0.3 is 0 Å². The first-order valence-electron chi connectivity index (χ1n) is 6.05. The van der Waals surface area contributed by atoms with E-state index in [0.717, 1.165) is 11.3 Å². The molecule has 0 saturated heterocycles. The Kier molecular flexibility index (Phi) is 5.20. The maximum absolute atomic E-state index is 12.2. The molecule has 0 spiro atoms. The van der Waals surface area contributed by atoms with E-state index in [1.165, 1.54) is 6.08 Å². The summed E-state index contributed by atoms with van der Waals surface area (Å²) in [5, 5.41) is 9.92. The molecule has 2 aromatic rings. The number of rotatable bonds is 4. The Morgan fingerprint density at radius 3 is 2.48 bits per heavy atom. The fourth-order valence-electron chi connectivity index (χ4n) is 1.73. The number of ether oxygens (including phenoxy) is 1. The summed E-state index contributed by atoms with van der Waals surface area (Å²) in [6.45, 7) is 0. The van der Waals surface area contributed by atoms with Gasteiger partial charge in [0, 0.05) is 4.47 Å². The van der Waals surface area contributed by atoms with Crippen LogP contribution in [0.15, 0.2) is 51.4 Å². The minimum atomic E-state index is -0.273. The Labute approximate surface area is 139 Å². The molecule has 0 aliphatic rings. The molecule has 0 radical (unpaired) electrons. The topological polar surface area (TPSA) is 46.5 Å². The lowest BCUT2D eigenvalue weighted by atomic mass is 10.1. The second kappa shape index (κ2) is 6.91. The number of methoxy groups -OCH3 is 1. The summed E-state index contributed by atoms with van der Waals surface area (Å²) in [6.07, 6.45) is 3.12. The van der Waals surface area contributed by atoms with E-state index in [4.69, 9.17) is 4.74 Å². The number of phenols is 1. The van der Waals surface area contributed by atoms with Gasteiger partial charge in [0.05, 0.1) is 17.1 Å². The first-order chi connectivity index (χ1) is 10.0. The largest absolute Gasteiger partial charge is 0.506 e. The van der Waals surface area contributed by atoms with Crippen molar-refractivity contribution < 1.29 is 14.6 Å². The van der Waals surface area contributed by atoms with Gasteiger partial charge in [-0.25, -0.2) is 0 Å². The Hall–Kier alpha value is -1.59. The van der Waals surface area contributed by atoms with Crippen molar-refractivity contribution in [2.24, 2.45) is 0 Å². The summed E-state index contributed by atoms with van der Waals surface area (Å²) in [7, 11) is 1.60. The third-order valence-corrected chi connectivity index (χ3v) is 3.90. The molecule has 0 aromatic heterocycles. The summed E-state index contributed by atoms with van der Waals surface area (Å²) in [6, 6.07) is 10.6. The van der Waals surface area contributed by atoms with Gasteiger partial charge in [0.25, 0.3) is 0 Å². The van der Waals surface area contributed by atoms with Gasteiger partial charge in [0.2, 0.25) is 0 Å². The van der Waals surface area contributed by atoms with E-state index in [-0.39, 0.29) is 17.1 Å². The van der Waals surface area contributed by atoms with E-state index in [1.807, 2.05) is 24.3 Å². The third kappa shape index (κ3) is 3.95. The highest BCUT2D eigenvalue weighted by Crippen LogP contribution is 2.32. The van der Waals surface area contributed by atoms with E-state index in [2.05, 4.69) is 31.9 Å². The molecule has 21 heavy (non-hydrogen) atoms. The molecule has 0 fully saturated rings. The number of ketones is 1. The molecule has 0 saturated carbocycles. The van der Waals surface area contributed by atoms with Crippen LogP contribution < -0.4 is 4.74 Å². The summed E-state index contributed by atoms with van der Waals surface area (Å²) in [5.41, 5.74) is 1.11. The molecular weight excluding hydrogens is 400 g/mol. The first kappa shape index (κ1) is 15.8. The van der Waals surface area contributed by atoms with Crippen molar-refractivity contribution in [2.45, 2.75) is 0 Å². The van der Waals surface area contributed by atoms with Crippen LogP contribution >= 0.6 is 31.9 Å². The van der Waals surface area contributed by atoms with Crippen LogP contribution in [-0.4, -0.2) is 18.0 Å². The predicted molar refractivity (Wildman–Crippen MR) is 89.9 cm³/mol. The summed E-state index contributed by atoms with van der Waals surface area (Å²) in [4.78, 5) is 12.2. The Bertz CT molecular complexity index is 691. The van der Waals surface area contributed by atoms with Crippen LogP contribution in [0.5, 0.6) is 11.5 Å². The number of halogens is 2. The van der Waals surface area contributed by atoms with Gasteiger partial charge in [-0.15, -0.1) is 0 Å². The predicted octanol–water partition coefficient (Wildman–Crippen LogP) is 4.82. The molecule has 2 rings (SSSR count). The minimum Gasteiger partial charge on any atom is -0.506 e. The van der Waals surface area contributed by atoms with E-state index in [1.54, 1.807) is 25.3 Å². The Morgan fingerprint density at radius 2 is 1.86 bits per heavy atom. The van der Waals surface area contributed by atoms with Crippen LogP contribution in [-0.2, 0) is 0 Å². The third-order valence-electron chi connectivity index (χ3n) is 2.84. The van der Waals surface area contributed by atoms with Crippen molar-refractivity contribution in [3.63, 3.8) is 0 Å². The number of benzene rings is 2. The molecule has 2 aromatic carbocycles. The molecule has 0 unspecified atom stereocenters. The summed E-state index contributed by atoms with van der Waals surface area (Å²) >= 11 is 6.50. The van der Waals surface area contributed by atoms with Crippen molar-refractivity contribution in [1.29, 1.82) is 0 Å². The van der Waals surface area contributed by atoms with Crippen molar-refractivity contribution in [3.05, 3.63) is 62.5 Å². The van der Waals surface area contributed by atoms with E-state index < -0.39 is 0 Å².